The van der Waals surface area contributed by atoms with Gasteiger partial charge in [-0.25, -0.2) is 0 Å². The van der Waals surface area contributed by atoms with Crippen molar-refractivity contribution in [3.05, 3.63) is 35.4 Å². The second-order valence-corrected chi connectivity index (χ2v) is 5.06. The highest BCUT2D eigenvalue weighted by atomic mass is 16.4. The molecule has 100 valence electrons. The third kappa shape index (κ3) is 4.37. The van der Waals surface area contributed by atoms with Crippen LogP contribution in [-0.2, 0) is 6.54 Å². The van der Waals surface area contributed by atoms with Crippen molar-refractivity contribution in [2.75, 3.05) is 13.6 Å². The Balaban J connectivity index is 2.72. The molecule has 0 amide bonds. The molecule has 0 unspecified atom stereocenters. The Bertz CT molecular complexity index is 402. The van der Waals surface area contributed by atoms with Crippen LogP contribution in [0.2, 0.25) is 0 Å². The van der Waals surface area contributed by atoms with Gasteiger partial charge < -0.3 is 15.8 Å². The summed E-state index contributed by atoms with van der Waals surface area (Å²) in [6.45, 7) is 6.29. The van der Waals surface area contributed by atoms with Crippen LogP contribution in [0.3, 0.4) is 0 Å². The molecular formula is C14H23N3O. The molecule has 0 aliphatic carbocycles. The Kier molecular flexibility index (Phi) is 5.65. The summed E-state index contributed by atoms with van der Waals surface area (Å²) in [6, 6.07) is 7.75. The van der Waals surface area contributed by atoms with Crippen molar-refractivity contribution >= 4 is 5.84 Å². The SMILES string of the molecule is CC(C)CCN(C)Cc1ccccc1C(N)=NO. The molecule has 0 aliphatic heterocycles. The van der Waals surface area contributed by atoms with Gasteiger partial charge in [-0.05, 0) is 31.5 Å². The summed E-state index contributed by atoms with van der Waals surface area (Å²) in [5.41, 5.74) is 7.56. The molecule has 18 heavy (non-hydrogen) atoms. The lowest BCUT2D eigenvalue weighted by Gasteiger charge is -2.19. The van der Waals surface area contributed by atoms with Crippen molar-refractivity contribution in [3.63, 3.8) is 0 Å². The Morgan fingerprint density at radius 3 is 2.67 bits per heavy atom. The molecule has 0 fully saturated rings. The van der Waals surface area contributed by atoms with E-state index in [1.165, 1.54) is 6.42 Å². The Labute approximate surface area is 109 Å². The van der Waals surface area contributed by atoms with Crippen LogP contribution in [0.25, 0.3) is 0 Å². The minimum Gasteiger partial charge on any atom is -0.409 e. The van der Waals surface area contributed by atoms with Gasteiger partial charge in [0.1, 0.15) is 0 Å². The minimum atomic E-state index is 0.169. The van der Waals surface area contributed by atoms with E-state index in [1.54, 1.807) is 0 Å². The van der Waals surface area contributed by atoms with Gasteiger partial charge in [0.25, 0.3) is 0 Å². The molecule has 1 rings (SSSR count). The van der Waals surface area contributed by atoms with E-state index >= 15 is 0 Å². The number of nitrogens with zero attached hydrogens (tertiary/aromatic N) is 2. The van der Waals surface area contributed by atoms with E-state index in [1.807, 2.05) is 24.3 Å². The van der Waals surface area contributed by atoms with Gasteiger partial charge in [0.15, 0.2) is 5.84 Å². The Morgan fingerprint density at radius 2 is 2.06 bits per heavy atom. The van der Waals surface area contributed by atoms with Crippen LogP contribution in [0.4, 0.5) is 0 Å². The number of hydrogen-bond acceptors (Lipinski definition) is 3. The summed E-state index contributed by atoms with van der Waals surface area (Å²) in [4.78, 5) is 2.25. The predicted octanol–water partition coefficient (Wildman–Crippen LogP) is 2.26. The van der Waals surface area contributed by atoms with Crippen molar-refractivity contribution in [2.45, 2.75) is 26.8 Å². The molecule has 3 N–H and O–H groups in total. The average molecular weight is 249 g/mol. The Morgan fingerprint density at radius 1 is 1.39 bits per heavy atom. The lowest BCUT2D eigenvalue weighted by Crippen LogP contribution is -2.23. The summed E-state index contributed by atoms with van der Waals surface area (Å²) in [5, 5.41) is 11.8. The zero-order valence-electron chi connectivity index (χ0n) is 11.4. The van der Waals surface area contributed by atoms with Crippen molar-refractivity contribution in [3.8, 4) is 0 Å². The molecule has 0 spiro atoms. The minimum absolute atomic E-state index is 0.169. The van der Waals surface area contributed by atoms with E-state index in [4.69, 9.17) is 10.9 Å². The number of amidine groups is 1. The van der Waals surface area contributed by atoms with Crippen LogP contribution < -0.4 is 5.73 Å². The van der Waals surface area contributed by atoms with E-state index in [0.29, 0.717) is 5.92 Å². The predicted molar refractivity (Wildman–Crippen MR) is 74.7 cm³/mol. The van der Waals surface area contributed by atoms with Crippen LogP contribution in [0, 0.1) is 5.92 Å². The second kappa shape index (κ2) is 7.01. The van der Waals surface area contributed by atoms with Gasteiger partial charge in [0.05, 0.1) is 0 Å². The third-order valence-electron chi connectivity index (χ3n) is 2.93. The third-order valence-corrected chi connectivity index (χ3v) is 2.93. The summed E-state index contributed by atoms with van der Waals surface area (Å²) in [6.07, 6.45) is 1.17. The molecule has 0 saturated heterocycles. The Hall–Kier alpha value is -1.55. The molecule has 1 aromatic carbocycles. The molecule has 0 radical (unpaired) electrons. The maximum atomic E-state index is 8.77. The fourth-order valence-electron chi connectivity index (χ4n) is 1.81. The lowest BCUT2D eigenvalue weighted by molar-refractivity contribution is 0.303. The summed E-state index contributed by atoms with van der Waals surface area (Å²) in [5.74, 6) is 0.870. The van der Waals surface area contributed by atoms with Gasteiger partial charge in [-0.1, -0.05) is 43.3 Å². The smallest absolute Gasteiger partial charge is 0.170 e. The lowest BCUT2D eigenvalue weighted by atomic mass is 10.1. The maximum Gasteiger partial charge on any atom is 0.170 e. The fourth-order valence-corrected chi connectivity index (χ4v) is 1.81. The molecule has 0 heterocycles. The largest absolute Gasteiger partial charge is 0.409 e. The van der Waals surface area contributed by atoms with E-state index in [2.05, 4.69) is 31.0 Å². The molecular weight excluding hydrogens is 226 g/mol. The first-order valence-electron chi connectivity index (χ1n) is 6.29. The fraction of sp³-hybridized carbons (Fsp3) is 0.500. The summed E-state index contributed by atoms with van der Waals surface area (Å²) >= 11 is 0. The first kappa shape index (κ1) is 14.5. The van der Waals surface area contributed by atoms with E-state index in [0.717, 1.165) is 24.2 Å². The highest BCUT2D eigenvalue weighted by Crippen LogP contribution is 2.12. The second-order valence-electron chi connectivity index (χ2n) is 5.06. The normalized spacial score (nSPS) is 12.4. The maximum absolute atomic E-state index is 8.77. The summed E-state index contributed by atoms with van der Waals surface area (Å²) in [7, 11) is 2.09. The number of nitrogens with two attached hydrogens (primary N) is 1. The highest BCUT2D eigenvalue weighted by Gasteiger charge is 2.08. The molecule has 0 aliphatic rings. The van der Waals surface area contributed by atoms with E-state index in [9.17, 15) is 0 Å². The number of rotatable bonds is 6. The van der Waals surface area contributed by atoms with Crippen LogP contribution in [0.1, 0.15) is 31.4 Å². The van der Waals surface area contributed by atoms with Crippen molar-refractivity contribution in [1.82, 2.24) is 4.90 Å². The van der Waals surface area contributed by atoms with Gasteiger partial charge >= 0.3 is 0 Å². The first-order chi connectivity index (χ1) is 8.54. The molecule has 4 heteroatoms. The van der Waals surface area contributed by atoms with Gasteiger partial charge in [0.2, 0.25) is 0 Å². The van der Waals surface area contributed by atoms with Crippen molar-refractivity contribution in [1.29, 1.82) is 0 Å². The number of hydrogen-bond donors (Lipinski definition) is 2. The highest BCUT2D eigenvalue weighted by molar-refractivity contribution is 5.98. The van der Waals surface area contributed by atoms with E-state index in [-0.39, 0.29) is 5.84 Å². The first-order valence-corrected chi connectivity index (χ1v) is 6.29. The molecule has 0 saturated carbocycles. The van der Waals surface area contributed by atoms with Gasteiger partial charge in [0, 0.05) is 12.1 Å². The summed E-state index contributed by atoms with van der Waals surface area (Å²) < 4.78 is 0. The monoisotopic (exact) mass is 249 g/mol. The van der Waals surface area contributed by atoms with Gasteiger partial charge in [-0.2, -0.15) is 0 Å². The van der Waals surface area contributed by atoms with Crippen LogP contribution >= 0.6 is 0 Å². The molecule has 4 nitrogen and oxygen atoms in total. The number of oxime groups is 1. The average Bonchev–Trinajstić information content (AvgIpc) is 2.36. The molecule has 0 bridgehead atoms. The van der Waals surface area contributed by atoms with E-state index < -0.39 is 0 Å². The standard InChI is InChI=1S/C14H23N3O/c1-11(2)8-9-17(3)10-12-6-4-5-7-13(12)14(15)16-18/h4-7,11,18H,8-10H2,1-3H3,(H2,15,16). The zero-order valence-corrected chi connectivity index (χ0v) is 11.4. The molecule has 0 atom stereocenters. The molecule has 1 aromatic rings. The van der Waals surface area contributed by atoms with Gasteiger partial charge in [-0.15, -0.1) is 0 Å². The number of benzene rings is 1. The van der Waals surface area contributed by atoms with Crippen molar-refractivity contribution < 1.29 is 5.21 Å². The zero-order chi connectivity index (χ0) is 13.5. The quantitative estimate of drug-likeness (QED) is 0.352. The molecule has 0 aromatic heterocycles. The van der Waals surface area contributed by atoms with Crippen LogP contribution in [0.15, 0.2) is 29.4 Å². The topological polar surface area (TPSA) is 61.8 Å². The van der Waals surface area contributed by atoms with Gasteiger partial charge in [-0.3, -0.25) is 0 Å². The van der Waals surface area contributed by atoms with Crippen molar-refractivity contribution in [2.24, 2.45) is 16.8 Å². The van der Waals surface area contributed by atoms with Crippen LogP contribution in [0.5, 0.6) is 0 Å². The van der Waals surface area contributed by atoms with Crippen LogP contribution in [-0.4, -0.2) is 29.5 Å².